The van der Waals surface area contributed by atoms with E-state index in [0.29, 0.717) is 6.04 Å². The highest BCUT2D eigenvalue weighted by atomic mass is 32.1. The maximum absolute atomic E-state index is 12.4. The summed E-state index contributed by atoms with van der Waals surface area (Å²) < 4.78 is 0. The van der Waals surface area contributed by atoms with Crippen molar-refractivity contribution in [3.8, 4) is 0 Å². The van der Waals surface area contributed by atoms with Crippen molar-refractivity contribution >= 4 is 23.2 Å². The Bertz CT molecular complexity index is 586. The molecule has 2 N–H and O–H groups in total. The number of amides is 2. The van der Waals surface area contributed by atoms with Crippen molar-refractivity contribution in [3.05, 3.63) is 15.6 Å². The quantitative estimate of drug-likeness (QED) is 0.892. The van der Waals surface area contributed by atoms with Crippen LogP contribution in [0.1, 0.15) is 33.2 Å². The van der Waals surface area contributed by atoms with Gasteiger partial charge in [0.15, 0.2) is 0 Å². The van der Waals surface area contributed by atoms with Gasteiger partial charge in [-0.3, -0.25) is 14.5 Å². The fraction of sp³-hybridized carbons (Fsp3) is 0.667. The van der Waals surface area contributed by atoms with Gasteiger partial charge in [-0.1, -0.05) is 0 Å². The third-order valence-corrected chi connectivity index (χ3v) is 5.76. The summed E-state index contributed by atoms with van der Waals surface area (Å²) in [6.45, 7) is 7.17. The van der Waals surface area contributed by atoms with Gasteiger partial charge < -0.3 is 10.6 Å². The Labute approximate surface area is 134 Å². The van der Waals surface area contributed by atoms with E-state index in [1.807, 2.05) is 18.7 Å². The average Bonchev–Trinajstić information content (AvgIpc) is 2.76. The van der Waals surface area contributed by atoms with Crippen molar-refractivity contribution in [2.45, 2.75) is 32.7 Å². The van der Waals surface area contributed by atoms with Crippen LogP contribution in [-0.2, 0) is 4.79 Å². The molecule has 22 heavy (non-hydrogen) atoms. The zero-order chi connectivity index (χ0) is 15.9. The minimum Gasteiger partial charge on any atom is -0.369 e. The summed E-state index contributed by atoms with van der Waals surface area (Å²) in [4.78, 5) is 33.0. The van der Waals surface area contributed by atoms with E-state index in [-0.39, 0.29) is 17.7 Å². The lowest BCUT2D eigenvalue weighted by molar-refractivity contribution is -0.123. The number of hydrogen-bond acceptors (Lipinski definition) is 5. The number of primary amides is 1. The number of likely N-dealkylation sites (tertiary alicyclic amines) is 2. The number of hydrogen-bond donors (Lipinski definition) is 1. The van der Waals surface area contributed by atoms with E-state index in [1.165, 1.54) is 11.3 Å². The lowest BCUT2D eigenvalue weighted by atomic mass is 9.93. The highest BCUT2D eigenvalue weighted by Crippen LogP contribution is 2.26. The molecule has 2 aliphatic heterocycles. The van der Waals surface area contributed by atoms with E-state index in [0.717, 1.165) is 54.6 Å². The van der Waals surface area contributed by atoms with Crippen molar-refractivity contribution in [2.75, 3.05) is 26.2 Å². The average molecular weight is 322 g/mol. The van der Waals surface area contributed by atoms with Crippen molar-refractivity contribution in [1.82, 2.24) is 14.8 Å². The van der Waals surface area contributed by atoms with Gasteiger partial charge in [0.25, 0.3) is 5.91 Å². The molecular weight excluding hydrogens is 300 g/mol. The molecule has 0 saturated carbocycles. The molecule has 2 saturated heterocycles. The van der Waals surface area contributed by atoms with E-state index in [9.17, 15) is 9.59 Å². The number of carbonyl (C=O) groups excluding carboxylic acids is 2. The van der Waals surface area contributed by atoms with Crippen LogP contribution in [0.4, 0.5) is 0 Å². The maximum Gasteiger partial charge on any atom is 0.265 e. The van der Waals surface area contributed by atoms with E-state index >= 15 is 0 Å². The number of thiazole rings is 1. The molecule has 0 atom stereocenters. The first-order valence-electron chi connectivity index (χ1n) is 7.72. The van der Waals surface area contributed by atoms with E-state index in [4.69, 9.17) is 5.73 Å². The molecule has 3 rings (SSSR count). The molecular formula is C15H22N4O2S. The number of nitrogens with zero attached hydrogens (tertiary/aromatic N) is 3. The van der Waals surface area contributed by atoms with Gasteiger partial charge in [0.1, 0.15) is 4.88 Å². The lowest BCUT2D eigenvalue weighted by Crippen LogP contribution is -2.62. The van der Waals surface area contributed by atoms with Crippen molar-refractivity contribution in [2.24, 2.45) is 11.7 Å². The Morgan fingerprint density at radius 3 is 2.36 bits per heavy atom. The molecule has 0 aliphatic carbocycles. The van der Waals surface area contributed by atoms with Crippen molar-refractivity contribution in [1.29, 1.82) is 0 Å². The van der Waals surface area contributed by atoms with Crippen LogP contribution in [-0.4, -0.2) is 58.8 Å². The molecule has 0 aromatic carbocycles. The zero-order valence-electron chi connectivity index (χ0n) is 13.0. The summed E-state index contributed by atoms with van der Waals surface area (Å²) in [6, 6.07) is 0.423. The Morgan fingerprint density at radius 1 is 1.23 bits per heavy atom. The third kappa shape index (κ3) is 2.87. The predicted octanol–water partition coefficient (Wildman–Crippen LogP) is 0.782. The van der Waals surface area contributed by atoms with Gasteiger partial charge in [0, 0.05) is 25.0 Å². The molecule has 120 valence electrons. The SMILES string of the molecule is Cc1nc(C)c(C(=O)N2CC(N3CCC(C(N)=O)CC3)C2)s1. The van der Waals surface area contributed by atoms with Crippen LogP contribution in [0.2, 0.25) is 0 Å². The standard InChI is InChI=1S/C15H22N4O2S/c1-9-13(22-10(2)17-9)15(21)19-7-12(8-19)18-5-3-11(4-6-18)14(16)20/h11-12H,3-8H2,1-2H3,(H2,16,20). The van der Waals surface area contributed by atoms with Crippen molar-refractivity contribution in [3.63, 3.8) is 0 Å². The van der Waals surface area contributed by atoms with Gasteiger partial charge in [0.05, 0.1) is 10.7 Å². The fourth-order valence-electron chi connectivity index (χ4n) is 3.27. The second-order valence-electron chi connectivity index (χ2n) is 6.22. The van der Waals surface area contributed by atoms with Crippen LogP contribution < -0.4 is 5.73 Å². The molecule has 0 unspecified atom stereocenters. The summed E-state index contributed by atoms with van der Waals surface area (Å²) in [7, 11) is 0. The highest BCUT2D eigenvalue weighted by molar-refractivity contribution is 7.13. The minimum atomic E-state index is -0.180. The number of nitrogens with two attached hydrogens (primary N) is 1. The van der Waals surface area contributed by atoms with Gasteiger partial charge in [-0.25, -0.2) is 4.98 Å². The van der Waals surface area contributed by atoms with Crippen LogP contribution >= 0.6 is 11.3 Å². The number of rotatable bonds is 3. The fourth-order valence-corrected chi connectivity index (χ4v) is 4.16. The summed E-state index contributed by atoms with van der Waals surface area (Å²) in [5, 5.41) is 0.937. The summed E-state index contributed by atoms with van der Waals surface area (Å²) >= 11 is 1.47. The Balaban J connectivity index is 1.51. The van der Waals surface area contributed by atoms with Gasteiger partial charge in [-0.05, 0) is 39.8 Å². The van der Waals surface area contributed by atoms with Crippen molar-refractivity contribution < 1.29 is 9.59 Å². The van der Waals surface area contributed by atoms with Crippen LogP contribution in [0.3, 0.4) is 0 Å². The second kappa shape index (κ2) is 5.96. The normalized spacial score (nSPS) is 20.9. The number of piperidine rings is 1. The van der Waals surface area contributed by atoms with Gasteiger partial charge >= 0.3 is 0 Å². The molecule has 0 radical (unpaired) electrons. The van der Waals surface area contributed by atoms with Gasteiger partial charge in [-0.15, -0.1) is 11.3 Å². The molecule has 3 heterocycles. The topological polar surface area (TPSA) is 79.5 Å². The molecule has 7 heteroatoms. The summed E-state index contributed by atoms with van der Waals surface area (Å²) in [5.41, 5.74) is 6.19. The third-order valence-electron chi connectivity index (χ3n) is 4.70. The van der Waals surface area contributed by atoms with Gasteiger partial charge in [0.2, 0.25) is 5.91 Å². The summed E-state index contributed by atoms with van der Waals surface area (Å²) in [6.07, 6.45) is 1.68. The Hall–Kier alpha value is -1.47. The first-order chi connectivity index (χ1) is 10.5. The Morgan fingerprint density at radius 2 is 1.86 bits per heavy atom. The molecule has 6 nitrogen and oxygen atoms in total. The maximum atomic E-state index is 12.4. The zero-order valence-corrected chi connectivity index (χ0v) is 13.9. The van der Waals surface area contributed by atoms with Crippen LogP contribution in [0.25, 0.3) is 0 Å². The van der Waals surface area contributed by atoms with E-state index in [2.05, 4.69) is 9.88 Å². The van der Waals surface area contributed by atoms with Gasteiger partial charge in [-0.2, -0.15) is 0 Å². The molecule has 2 fully saturated rings. The van der Waals surface area contributed by atoms with E-state index in [1.54, 1.807) is 0 Å². The van der Waals surface area contributed by atoms with E-state index < -0.39 is 0 Å². The number of carbonyl (C=O) groups is 2. The summed E-state index contributed by atoms with van der Waals surface area (Å²) in [5.74, 6) is -0.0515. The smallest absolute Gasteiger partial charge is 0.265 e. The number of aromatic nitrogens is 1. The largest absolute Gasteiger partial charge is 0.369 e. The highest BCUT2D eigenvalue weighted by Gasteiger charge is 2.38. The molecule has 1 aromatic heterocycles. The predicted molar refractivity (Wildman–Crippen MR) is 84.8 cm³/mol. The molecule has 0 bridgehead atoms. The molecule has 1 aromatic rings. The molecule has 2 aliphatic rings. The van der Waals surface area contributed by atoms with Crippen LogP contribution in [0.5, 0.6) is 0 Å². The Kier molecular flexibility index (Phi) is 4.18. The first kappa shape index (κ1) is 15.4. The second-order valence-corrected chi connectivity index (χ2v) is 7.43. The molecule has 2 amide bonds. The number of aryl methyl sites for hydroxylation is 2. The monoisotopic (exact) mass is 322 g/mol. The first-order valence-corrected chi connectivity index (χ1v) is 8.54. The molecule has 0 spiro atoms. The lowest BCUT2D eigenvalue weighted by Gasteiger charge is -2.47. The minimum absolute atomic E-state index is 0.0249. The van der Waals surface area contributed by atoms with Crippen LogP contribution in [0, 0.1) is 19.8 Å². The van der Waals surface area contributed by atoms with Crippen LogP contribution in [0.15, 0.2) is 0 Å².